The van der Waals surface area contributed by atoms with Crippen molar-refractivity contribution in [2.75, 3.05) is 13.6 Å². The van der Waals surface area contributed by atoms with Crippen LogP contribution in [0.5, 0.6) is 0 Å². The van der Waals surface area contributed by atoms with E-state index < -0.39 is 0 Å². The Kier molecular flexibility index (Phi) is 4.89. The van der Waals surface area contributed by atoms with Crippen LogP contribution in [0.3, 0.4) is 0 Å². The van der Waals surface area contributed by atoms with Gasteiger partial charge in [-0.15, -0.1) is 10.2 Å². The molecule has 0 radical (unpaired) electrons. The van der Waals surface area contributed by atoms with Crippen LogP contribution in [0.4, 0.5) is 0 Å². The van der Waals surface area contributed by atoms with Crippen molar-refractivity contribution < 1.29 is 9.21 Å². The second-order valence-electron chi connectivity index (χ2n) is 5.18. The molecule has 1 amide bonds. The Hall–Kier alpha value is -1.69. The molecule has 0 unspecified atom stereocenters. The van der Waals surface area contributed by atoms with E-state index in [1.807, 2.05) is 23.9 Å². The van der Waals surface area contributed by atoms with Crippen LogP contribution in [0.25, 0.3) is 11.5 Å². The second-order valence-corrected chi connectivity index (χ2v) is 5.96. The number of thiophene rings is 1. The molecule has 2 aromatic heterocycles. The number of hydrogen-bond donors (Lipinski definition) is 0. The Morgan fingerprint density at radius 2 is 2.25 bits per heavy atom. The number of hydrogen-bond acceptors (Lipinski definition) is 5. The molecule has 0 N–H and O–H groups in total. The minimum Gasteiger partial charge on any atom is -0.421 e. The van der Waals surface area contributed by atoms with Crippen molar-refractivity contribution in [1.29, 1.82) is 0 Å². The highest BCUT2D eigenvalue weighted by atomic mass is 32.1. The van der Waals surface area contributed by atoms with Crippen molar-refractivity contribution in [3.8, 4) is 11.5 Å². The minimum atomic E-state index is 0.106. The molecule has 108 valence electrons. The molecule has 0 atom stereocenters. The van der Waals surface area contributed by atoms with Gasteiger partial charge in [0, 0.05) is 37.4 Å². The Labute approximate surface area is 122 Å². The normalized spacial score (nSPS) is 11.0. The van der Waals surface area contributed by atoms with E-state index in [2.05, 4.69) is 24.0 Å². The van der Waals surface area contributed by atoms with Gasteiger partial charge in [-0.05, 0) is 17.4 Å². The predicted octanol–water partition coefficient (Wildman–Crippen LogP) is 2.85. The molecule has 0 saturated carbocycles. The zero-order valence-corrected chi connectivity index (χ0v) is 12.8. The third-order valence-corrected chi connectivity index (χ3v) is 3.54. The molecule has 0 aromatic carbocycles. The van der Waals surface area contributed by atoms with Gasteiger partial charge >= 0.3 is 0 Å². The fraction of sp³-hybridized carbons (Fsp3) is 0.500. The van der Waals surface area contributed by atoms with Crippen LogP contribution in [0.1, 0.15) is 26.2 Å². The number of aryl methyl sites for hydroxylation is 1. The van der Waals surface area contributed by atoms with Crippen molar-refractivity contribution in [2.45, 2.75) is 26.7 Å². The highest BCUT2D eigenvalue weighted by Gasteiger charge is 2.13. The Balaban J connectivity index is 1.87. The van der Waals surface area contributed by atoms with E-state index in [1.54, 1.807) is 16.2 Å². The van der Waals surface area contributed by atoms with Gasteiger partial charge < -0.3 is 9.32 Å². The molecular formula is C14H19N3O2S. The largest absolute Gasteiger partial charge is 0.421 e. The Morgan fingerprint density at radius 3 is 2.90 bits per heavy atom. The third kappa shape index (κ3) is 3.90. The summed E-state index contributed by atoms with van der Waals surface area (Å²) in [7, 11) is 1.83. The molecule has 0 fully saturated rings. The Morgan fingerprint density at radius 1 is 1.45 bits per heavy atom. The number of aromatic nitrogens is 2. The molecule has 5 nitrogen and oxygen atoms in total. The maximum atomic E-state index is 11.9. The quantitative estimate of drug-likeness (QED) is 0.821. The highest BCUT2D eigenvalue weighted by molar-refractivity contribution is 7.08. The molecule has 2 aromatic rings. The molecule has 2 rings (SSSR count). The zero-order chi connectivity index (χ0) is 14.5. The van der Waals surface area contributed by atoms with Crippen LogP contribution in [-0.2, 0) is 11.2 Å². The first kappa shape index (κ1) is 14.7. The monoisotopic (exact) mass is 293 g/mol. The van der Waals surface area contributed by atoms with Crippen molar-refractivity contribution in [3.05, 3.63) is 22.7 Å². The lowest BCUT2D eigenvalue weighted by Gasteiger charge is -2.18. The summed E-state index contributed by atoms with van der Waals surface area (Å²) >= 11 is 1.58. The predicted molar refractivity (Wildman–Crippen MR) is 78.4 cm³/mol. The fourth-order valence-electron chi connectivity index (χ4n) is 1.91. The number of nitrogens with zero attached hydrogens (tertiary/aromatic N) is 3. The van der Waals surface area contributed by atoms with Gasteiger partial charge in [0.15, 0.2) is 0 Å². The maximum Gasteiger partial charge on any atom is 0.248 e. The topological polar surface area (TPSA) is 59.2 Å². The summed E-state index contributed by atoms with van der Waals surface area (Å²) in [6.45, 7) is 4.95. The lowest BCUT2D eigenvalue weighted by atomic mass is 10.2. The average molecular weight is 293 g/mol. The van der Waals surface area contributed by atoms with Gasteiger partial charge in [0.1, 0.15) is 0 Å². The number of carbonyl (C=O) groups is 1. The van der Waals surface area contributed by atoms with E-state index in [1.165, 1.54) is 0 Å². The number of amides is 1. The summed E-state index contributed by atoms with van der Waals surface area (Å²) in [5, 5.41) is 11.9. The van der Waals surface area contributed by atoms with Crippen LogP contribution in [-0.4, -0.2) is 34.6 Å². The summed E-state index contributed by atoms with van der Waals surface area (Å²) in [5.74, 6) is 1.60. The lowest BCUT2D eigenvalue weighted by Crippen LogP contribution is -2.30. The molecule has 0 aliphatic rings. The zero-order valence-electron chi connectivity index (χ0n) is 12.0. The van der Waals surface area contributed by atoms with Crippen molar-refractivity contribution in [2.24, 2.45) is 5.92 Å². The van der Waals surface area contributed by atoms with E-state index in [4.69, 9.17) is 4.42 Å². The summed E-state index contributed by atoms with van der Waals surface area (Å²) in [6.07, 6.45) is 0.882. The van der Waals surface area contributed by atoms with Gasteiger partial charge in [-0.3, -0.25) is 4.79 Å². The molecule has 20 heavy (non-hydrogen) atoms. The van der Waals surface area contributed by atoms with Crippen LogP contribution in [0, 0.1) is 5.92 Å². The van der Waals surface area contributed by atoms with Crippen LogP contribution >= 0.6 is 11.3 Å². The first-order chi connectivity index (χ1) is 9.56. The summed E-state index contributed by atoms with van der Waals surface area (Å²) in [6, 6.07) is 1.93. The van der Waals surface area contributed by atoms with Crippen molar-refractivity contribution in [1.82, 2.24) is 15.1 Å². The van der Waals surface area contributed by atoms with Gasteiger partial charge in [0.2, 0.25) is 17.7 Å². The second kappa shape index (κ2) is 6.65. The van der Waals surface area contributed by atoms with Gasteiger partial charge in [-0.25, -0.2) is 0 Å². The molecule has 0 aliphatic heterocycles. The van der Waals surface area contributed by atoms with E-state index in [-0.39, 0.29) is 5.91 Å². The van der Waals surface area contributed by atoms with Crippen molar-refractivity contribution >= 4 is 17.2 Å². The SMILES string of the molecule is CC(C)CN(C)C(=O)CCc1nnc(-c2ccsc2)o1. The average Bonchev–Trinajstić information content (AvgIpc) is 3.05. The van der Waals surface area contributed by atoms with Crippen LogP contribution in [0.2, 0.25) is 0 Å². The molecule has 2 heterocycles. The van der Waals surface area contributed by atoms with Crippen LogP contribution < -0.4 is 0 Å². The van der Waals surface area contributed by atoms with Crippen LogP contribution in [0.15, 0.2) is 21.2 Å². The highest BCUT2D eigenvalue weighted by Crippen LogP contribution is 2.20. The molecular weight excluding hydrogens is 274 g/mol. The molecule has 0 saturated heterocycles. The van der Waals surface area contributed by atoms with Gasteiger partial charge in [-0.2, -0.15) is 11.3 Å². The lowest BCUT2D eigenvalue weighted by molar-refractivity contribution is -0.130. The van der Waals surface area contributed by atoms with Gasteiger partial charge in [-0.1, -0.05) is 13.8 Å². The minimum absolute atomic E-state index is 0.106. The standard InChI is InChI=1S/C14H19N3O2S/c1-10(2)8-17(3)13(18)5-4-12-15-16-14(19-12)11-6-7-20-9-11/h6-7,9-10H,4-5,8H2,1-3H3. The van der Waals surface area contributed by atoms with Crippen molar-refractivity contribution in [3.63, 3.8) is 0 Å². The molecule has 0 aliphatic carbocycles. The van der Waals surface area contributed by atoms with Gasteiger partial charge in [0.05, 0.1) is 0 Å². The smallest absolute Gasteiger partial charge is 0.248 e. The summed E-state index contributed by atoms with van der Waals surface area (Å²) < 4.78 is 5.55. The molecule has 6 heteroatoms. The molecule has 0 bridgehead atoms. The maximum absolute atomic E-state index is 11.9. The van der Waals surface area contributed by atoms with E-state index in [9.17, 15) is 4.79 Å². The summed E-state index contributed by atoms with van der Waals surface area (Å²) in [4.78, 5) is 13.7. The first-order valence-corrected chi connectivity index (χ1v) is 7.59. The first-order valence-electron chi connectivity index (χ1n) is 6.65. The van der Waals surface area contributed by atoms with E-state index in [0.29, 0.717) is 30.5 Å². The van der Waals surface area contributed by atoms with E-state index in [0.717, 1.165) is 12.1 Å². The molecule has 0 spiro atoms. The third-order valence-electron chi connectivity index (χ3n) is 2.85. The van der Waals surface area contributed by atoms with E-state index >= 15 is 0 Å². The number of rotatable bonds is 6. The van der Waals surface area contributed by atoms with Gasteiger partial charge in [0.25, 0.3) is 0 Å². The number of carbonyl (C=O) groups excluding carboxylic acids is 1. The summed E-state index contributed by atoms with van der Waals surface area (Å²) in [5.41, 5.74) is 0.928. The Bertz CT molecular complexity index is 549. The fourth-order valence-corrected chi connectivity index (χ4v) is 2.54.